The van der Waals surface area contributed by atoms with E-state index in [9.17, 15) is 33.6 Å². The smallest absolute Gasteiger partial charge is 0.243 e. The molecule has 0 saturated heterocycles. The fourth-order valence-electron chi connectivity index (χ4n) is 9.77. The highest BCUT2D eigenvalue weighted by Crippen LogP contribution is 2.21. The van der Waals surface area contributed by atoms with E-state index in [1.165, 1.54) is 70.6 Å². The Labute approximate surface area is 488 Å². The maximum absolute atomic E-state index is 14.6. The third-order valence-corrected chi connectivity index (χ3v) is 14.9. The number of hydrogen-bond acceptors (Lipinski definition) is 11. The van der Waals surface area contributed by atoms with Gasteiger partial charge in [0.05, 0.1) is 0 Å². The molecule has 1 aromatic heterocycles. The normalized spacial score (nSPS) is 13.8. The summed E-state index contributed by atoms with van der Waals surface area (Å²) in [7, 11) is 0. The first kappa shape index (κ1) is 71.6. The standard InChI is InChI=1S/C59H106N16O7/c1-4-6-7-8-9-10-11-12-13-14-15-16-17-18-19-34-50(76)70-46(30-22-24-35-60)53(78)72-47(31-23-25-36-61)55(80)75-51(41(3)5-2)57(82)73-48(33-27-38-68-59(65)66)54(79)74-49(39-42-40-69-44-29-21-20-28-43(42)44)56(81)71-45(52(62)77)32-26-37-67-58(63)64/h20-21,28-29,40-41,45-49,51,69H,4-19,22-27,30-39,60-61H2,1-3H3,(H2,62,77)(H,70,76)(H,71,81)(H,72,78)(H,73,82)(H,74,79)(H,75,80)(H4,63,64,67)(H4,65,66,68)/t41-,45-,46-,47-,48-,49-,51-/m0/s1. The van der Waals surface area contributed by atoms with Gasteiger partial charge in [-0.3, -0.25) is 43.5 Å². The molecular formula is C59H106N16O7. The number of carbonyl (C=O) groups excluding carboxylic acids is 7. The quantitative estimate of drug-likeness (QED) is 0.0255. The van der Waals surface area contributed by atoms with E-state index in [4.69, 9.17) is 40.1 Å². The van der Waals surface area contributed by atoms with Crippen molar-refractivity contribution in [2.75, 3.05) is 26.2 Å². The molecule has 21 N–H and O–H groups in total. The Balaban J connectivity index is 2.29. The number of para-hydroxylation sites is 1. The number of guanidine groups is 2. The number of amides is 7. The van der Waals surface area contributed by atoms with Crippen molar-refractivity contribution in [1.82, 2.24) is 36.9 Å². The van der Waals surface area contributed by atoms with Crippen LogP contribution in [0.15, 0.2) is 40.4 Å². The van der Waals surface area contributed by atoms with Gasteiger partial charge >= 0.3 is 0 Å². The number of benzene rings is 1. The molecule has 0 unspecified atom stereocenters. The maximum Gasteiger partial charge on any atom is 0.243 e. The summed E-state index contributed by atoms with van der Waals surface area (Å²) in [4.78, 5) is 109. The monoisotopic (exact) mass is 1150 g/mol. The molecule has 2 aromatic rings. The number of unbranched alkanes of at least 4 members (excludes halogenated alkanes) is 16. The first-order chi connectivity index (χ1) is 39.4. The highest BCUT2D eigenvalue weighted by molar-refractivity contribution is 5.97. The van der Waals surface area contributed by atoms with Gasteiger partial charge in [0.25, 0.3) is 0 Å². The van der Waals surface area contributed by atoms with Crippen LogP contribution in [0.2, 0.25) is 0 Å². The first-order valence-corrected chi connectivity index (χ1v) is 30.6. The molecule has 464 valence electrons. The fourth-order valence-corrected chi connectivity index (χ4v) is 9.77. The lowest BCUT2D eigenvalue weighted by atomic mass is 9.96. The lowest BCUT2D eigenvalue weighted by molar-refractivity contribution is -0.136. The van der Waals surface area contributed by atoms with Gasteiger partial charge in [0.1, 0.15) is 36.3 Å². The maximum atomic E-state index is 14.6. The van der Waals surface area contributed by atoms with E-state index in [-0.39, 0.29) is 69.4 Å². The largest absolute Gasteiger partial charge is 0.370 e. The molecule has 0 aliphatic rings. The van der Waals surface area contributed by atoms with Gasteiger partial charge in [0.15, 0.2) is 11.9 Å². The van der Waals surface area contributed by atoms with Crippen LogP contribution >= 0.6 is 0 Å². The molecule has 0 radical (unpaired) electrons. The van der Waals surface area contributed by atoms with E-state index in [2.05, 4.69) is 53.8 Å². The molecule has 82 heavy (non-hydrogen) atoms. The van der Waals surface area contributed by atoms with Crippen LogP contribution in [0.5, 0.6) is 0 Å². The first-order valence-electron chi connectivity index (χ1n) is 30.6. The minimum atomic E-state index is -1.29. The van der Waals surface area contributed by atoms with Crippen LogP contribution in [0.25, 0.3) is 10.9 Å². The molecule has 23 nitrogen and oxygen atoms in total. The van der Waals surface area contributed by atoms with Crippen LogP contribution < -0.4 is 72.0 Å². The summed E-state index contributed by atoms with van der Waals surface area (Å²) in [6.07, 6.45) is 23.9. The average molecular weight is 1150 g/mol. The molecule has 0 aliphatic carbocycles. The molecule has 1 heterocycles. The number of carbonyl (C=O) groups is 7. The molecular weight excluding hydrogens is 1040 g/mol. The summed E-state index contributed by atoms with van der Waals surface area (Å²) >= 11 is 0. The van der Waals surface area contributed by atoms with Crippen LogP contribution in [0.4, 0.5) is 0 Å². The predicted molar refractivity (Wildman–Crippen MR) is 327 cm³/mol. The van der Waals surface area contributed by atoms with Crippen molar-refractivity contribution in [3.63, 3.8) is 0 Å². The number of aromatic amines is 1. The van der Waals surface area contributed by atoms with Crippen LogP contribution in [0.1, 0.15) is 200 Å². The zero-order valence-corrected chi connectivity index (χ0v) is 49.8. The summed E-state index contributed by atoms with van der Waals surface area (Å²) in [5, 5.41) is 17.8. The number of aromatic nitrogens is 1. The molecule has 2 rings (SSSR count). The second-order valence-corrected chi connectivity index (χ2v) is 21.9. The van der Waals surface area contributed by atoms with Crippen molar-refractivity contribution in [3.8, 4) is 0 Å². The van der Waals surface area contributed by atoms with E-state index in [1.54, 1.807) is 13.1 Å². The number of hydrogen-bond donors (Lipinski definition) is 14. The van der Waals surface area contributed by atoms with E-state index < -0.39 is 77.6 Å². The van der Waals surface area contributed by atoms with Crippen LogP contribution in [0, 0.1) is 5.92 Å². The number of H-pyrrole nitrogens is 1. The number of primary amides is 1. The molecule has 0 bridgehead atoms. The molecule has 23 heteroatoms. The van der Waals surface area contributed by atoms with Crippen LogP contribution in [0.3, 0.4) is 0 Å². The van der Waals surface area contributed by atoms with Gasteiger partial charge in [0.2, 0.25) is 41.4 Å². The Hall–Kier alpha value is -6.49. The van der Waals surface area contributed by atoms with Gasteiger partial charge in [-0.2, -0.15) is 0 Å². The molecule has 0 spiro atoms. The highest BCUT2D eigenvalue weighted by atomic mass is 16.2. The Kier molecular flexibility index (Phi) is 37.8. The van der Waals surface area contributed by atoms with E-state index in [0.717, 1.165) is 30.2 Å². The number of nitrogens with two attached hydrogens (primary N) is 7. The third kappa shape index (κ3) is 30.5. The second kappa shape index (κ2) is 43.2. The predicted octanol–water partition coefficient (Wildman–Crippen LogP) is 3.78. The SMILES string of the molecule is CCCCCCCCCCCCCCCCCC(=O)N[C@@H](CCCCN)C(=O)N[C@@H](CCCCN)C(=O)N[C@H](C(=O)N[C@@H](CCCN=C(N)N)C(=O)N[C@@H](Cc1c[nH]c2ccccc12)C(=O)N[C@@H](CCCN=C(N)N)C(N)=O)[C@@H](C)CC. The van der Waals surface area contributed by atoms with Crippen molar-refractivity contribution in [2.24, 2.45) is 56.0 Å². The summed E-state index contributed by atoms with van der Waals surface area (Å²) in [6.45, 7) is 6.90. The fraction of sp³-hybridized carbons (Fsp3) is 0.712. The van der Waals surface area contributed by atoms with Gasteiger partial charge in [-0.15, -0.1) is 0 Å². The molecule has 7 atom stereocenters. The molecule has 7 amide bonds. The van der Waals surface area contributed by atoms with Crippen molar-refractivity contribution in [2.45, 2.75) is 237 Å². The van der Waals surface area contributed by atoms with E-state index >= 15 is 0 Å². The lowest BCUT2D eigenvalue weighted by Crippen LogP contribution is -2.61. The summed E-state index contributed by atoms with van der Waals surface area (Å²) in [5.74, 6) is -5.17. The highest BCUT2D eigenvalue weighted by Gasteiger charge is 2.35. The number of fused-ring (bicyclic) bond motifs is 1. The Bertz CT molecular complexity index is 2230. The van der Waals surface area contributed by atoms with Gasteiger partial charge in [-0.25, -0.2) is 0 Å². The Morgan fingerprint density at radius 1 is 0.488 bits per heavy atom. The van der Waals surface area contributed by atoms with E-state index in [0.29, 0.717) is 70.0 Å². The average Bonchev–Trinajstić information content (AvgIpc) is 4.00. The van der Waals surface area contributed by atoms with Crippen molar-refractivity contribution in [3.05, 3.63) is 36.0 Å². The zero-order chi connectivity index (χ0) is 60.5. The van der Waals surface area contributed by atoms with Crippen molar-refractivity contribution < 1.29 is 33.6 Å². The number of rotatable bonds is 48. The van der Waals surface area contributed by atoms with Gasteiger partial charge in [-0.1, -0.05) is 135 Å². The Morgan fingerprint density at radius 3 is 1.41 bits per heavy atom. The lowest BCUT2D eigenvalue weighted by Gasteiger charge is -2.29. The van der Waals surface area contributed by atoms with Gasteiger partial charge < -0.3 is 77.0 Å². The summed E-state index contributed by atoms with van der Waals surface area (Å²) in [5.41, 5.74) is 41.0. The number of aliphatic imine (C=N–C) groups is 2. The number of nitrogens with one attached hydrogen (secondary N) is 7. The Morgan fingerprint density at radius 2 is 0.915 bits per heavy atom. The van der Waals surface area contributed by atoms with Crippen molar-refractivity contribution in [1.29, 1.82) is 0 Å². The minimum absolute atomic E-state index is 0.000128. The number of nitrogens with zero attached hydrogens (tertiary/aromatic N) is 2. The minimum Gasteiger partial charge on any atom is -0.370 e. The van der Waals surface area contributed by atoms with Crippen molar-refractivity contribution >= 4 is 64.2 Å². The molecule has 1 aromatic carbocycles. The van der Waals surface area contributed by atoms with Gasteiger partial charge in [-0.05, 0) is 101 Å². The van der Waals surface area contributed by atoms with Crippen LogP contribution in [-0.2, 0) is 40.0 Å². The second-order valence-electron chi connectivity index (χ2n) is 21.9. The van der Waals surface area contributed by atoms with Crippen LogP contribution in [-0.4, -0.2) is 121 Å². The summed E-state index contributed by atoms with van der Waals surface area (Å²) in [6, 6.07) is 0.457. The third-order valence-electron chi connectivity index (χ3n) is 14.9. The van der Waals surface area contributed by atoms with Gasteiger partial charge in [0, 0.05) is 43.0 Å². The summed E-state index contributed by atoms with van der Waals surface area (Å²) < 4.78 is 0. The topological polar surface area (TPSA) is 414 Å². The molecule has 0 aliphatic heterocycles. The zero-order valence-electron chi connectivity index (χ0n) is 49.8. The van der Waals surface area contributed by atoms with E-state index in [1.807, 2.05) is 31.2 Å². The molecule has 0 saturated carbocycles. The molecule has 0 fully saturated rings.